The molecule has 0 spiro atoms. The average Bonchev–Trinajstić information content (AvgIpc) is 2.36. The van der Waals surface area contributed by atoms with Crippen LogP contribution in [0.3, 0.4) is 0 Å². The third-order valence-electron chi connectivity index (χ3n) is 2.96. The number of aliphatic hydroxyl groups excluding tert-OH is 1. The first-order valence-electron chi connectivity index (χ1n) is 5.86. The van der Waals surface area contributed by atoms with Crippen molar-refractivity contribution < 1.29 is 5.11 Å². The first-order valence-corrected chi connectivity index (χ1v) is 7.41. The summed E-state index contributed by atoms with van der Waals surface area (Å²) < 4.78 is 0.778. The Kier molecular flexibility index (Phi) is 4.91. The zero-order valence-electron chi connectivity index (χ0n) is 10.3. The molecule has 0 aliphatic heterocycles. The van der Waals surface area contributed by atoms with Gasteiger partial charge in [-0.2, -0.15) is 0 Å². The molecule has 0 radical (unpaired) electrons. The summed E-state index contributed by atoms with van der Waals surface area (Å²) in [5.41, 5.74) is 2.72. The Morgan fingerprint density at radius 2 is 1.95 bits per heavy atom. The summed E-state index contributed by atoms with van der Waals surface area (Å²) in [6.45, 7) is 1.98. The maximum absolute atomic E-state index is 10.3. The molecule has 4 heteroatoms. The molecule has 1 nitrogen and oxygen atoms in total. The molecule has 0 aliphatic carbocycles. The molecule has 0 heterocycles. The minimum Gasteiger partial charge on any atom is -0.388 e. The van der Waals surface area contributed by atoms with E-state index in [0.29, 0.717) is 22.0 Å². The third-order valence-corrected chi connectivity index (χ3v) is 4.63. The van der Waals surface area contributed by atoms with Crippen molar-refractivity contribution in [3.63, 3.8) is 0 Å². The molecular weight excluding hydrogens is 347 g/mol. The van der Waals surface area contributed by atoms with Crippen molar-refractivity contribution >= 4 is 39.1 Å². The quantitative estimate of drug-likeness (QED) is 0.784. The zero-order chi connectivity index (χ0) is 14.0. The van der Waals surface area contributed by atoms with Crippen molar-refractivity contribution in [2.24, 2.45) is 0 Å². The molecule has 0 aromatic heterocycles. The molecule has 1 unspecified atom stereocenters. The van der Waals surface area contributed by atoms with E-state index in [4.69, 9.17) is 23.2 Å². The highest BCUT2D eigenvalue weighted by atomic mass is 79.9. The molecule has 0 aliphatic rings. The van der Waals surface area contributed by atoms with Crippen LogP contribution in [-0.4, -0.2) is 5.11 Å². The Labute approximate surface area is 131 Å². The monoisotopic (exact) mass is 358 g/mol. The Morgan fingerprint density at radius 3 is 2.63 bits per heavy atom. The number of rotatable bonds is 3. The van der Waals surface area contributed by atoms with Crippen LogP contribution in [0.2, 0.25) is 10.0 Å². The highest BCUT2D eigenvalue weighted by Gasteiger charge is 2.15. The predicted molar refractivity (Wildman–Crippen MR) is 84.0 cm³/mol. The Balaban J connectivity index is 2.25. The minimum atomic E-state index is -0.676. The molecule has 1 N–H and O–H groups in total. The molecule has 100 valence electrons. The number of hydrogen-bond acceptors (Lipinski definition) is 1. The fraction of sp³-hybridized carbons (Fsp3) is 0.200. The van der Waals surface area contributed by atoms with E-state index >= 15 is 0 Å². The van der Waals surface area contributed by atoms with Gasteiger partial charge in [-0.05, 0) is 46.1 Å². The third kappa shape index (κ3) is 3.51. The molecule has 1 atom stereocenters. The van der Waals surface area contributed by atoms with E-state index in [1.165, 1.54) is 0 Å². The van der Waals surface area contributed by atoms with E-state index in [1.54, 1.807) is 0 Å². The van der Waals surface area contributed by atoms with E-state index in [0.717, 1.165) is 15.6 Å². The molecule has 0 saturated heterocycles. The van der Waals surface area contributed by atoms with Crippen LogP contribution in [0.15, 0.2) is 40.9 Å². The molecular formula is C15H13BrCl2O. The number of aryl methyl sites for hydroxylation is 1. The van der Waals surface area contributed by atoms with Crippen molar-refractivity contribution in [1.82, 2.24) is 0 Å². The van der Waals surface area contributed by atoms with Gasteiger partial charge in [-0.3, -0.25) is 0 Å². The predicted octanol–water partition coefficient (Wildman–Crippen LogP) is 5.34. The average molecular weight is 360 g/mol. The summed E-state index contributed by atoms with van der Waals surface area (Å²) in [4.78, 5) is 0. The minimum absolute atomic E-state index is 0.440. The van der Waals surface area contributed by atoms with Gasteiger partial charge < -0.3 is 5.11 Å². The second-order valence-electron chi connectivity index (χ2n) is 4.46. The highest BCUT2D eigenvalue weighted by Crippen LogP contribution is 2.32. The van der Waals surface area contributed by atoms with E-state index < -0.39 is 6.10 Å². The van der Waals surface area contributed by atoms with Crippen molar-refractivity contribution in [2.75, 3.05) is 0 Å². The lowest BCUT2D eigenvalue weighted by molar-refractivity contribution is 0.178. The first-order chi connectivity index (χ1) is 8.99. The van der Waals surface area contributed by atoms with Crippen LogP contribution in [-0.2, 0) is 6.42 Å². The summed E-state index contributed by atoms with van der Waals surface area (Å²) in [5, 5.41) is 11.5. The highest BCUT2D eigenvalue weighted by molar-refractivity contribution is 9.10. The summed E-state index contributed by atoms with van der Waals surface area (Å²) in [6.07, 6.45) is -0.236. The molecule has 2 rings (SSSR count). The molecule has 19 heavy (non-hydrogen) atoms. The largest absolute Gasteiger partial charge is 0.388 e. The Morgan fingerprint density at radius 1 is 1.21 bits per heavy atom. The number of hydrogen-bond donors (Lipinski definition) is 1. The SMILES string of the molecule is Cc1ccc(CC(O)c2cccc(Br)c2Cl)c(Cl)c1. The molecule has 0 amide bonds. The fourth-order valence-electron chi connectivity index (χ4n) is 1.91. The van der Waals surface area contributed by atoms with Gasteiger partial charge >= 0.3 is 0 Å². The first kappa shape index (κ1) is 14.9. The van der Waals surface area contributed by atoms with Crippen LogP contribution in [0.1, 0.15) is 22.8 Å². The topological polar surface area (TPSA) is 20.2 Å². The lowest BCUT2D eigenvalue weighted by Gasteiger charge is -2.14. The van der Waals surface area contributed by atoms with Gasteiger partial charge in [-0.1, -0.05) is 47.5 Å². The lowest BCUT2D eigenvalue weighted by atomic mass is 10.0. The van der Waals surface area contributed by atoms with Crippen molar-refractivity contribution in [3.8, 4) is 0 Å². The van der Waals surface area contributed by atoms with Crippen LogP contribution in [0.25, 0.3) is 0 Å². The van der Waals surface area contributed by atoms with Gasteiger partial charge in [0, 0.05) is 21.5 Å². The van der Waals surface area contributed by atoms with Gasteiger partial charge in [-0.25, -0.2) is 0 Å². The van der Waals surface area contributed by atoms with Crippen molar-refractivity contribution in [2.45, 2.75) is 19.4 Å². The standard InChI is InChI=1S/C15H13BrCl2O/c1-9-5-6-10(13(17)7-9)8-14(19)11-3-2-4-12(16)15(11)18/h2-7,14,19H,8H2,1H3. The van der Waals surface area contributed by atoms with Gasteiger partial charge in [-0.15, -0.1) is 0 Å². The maximum Gasteiger partial charge on any atom is 0.0845 e. The van der Waals surface area contributed by atoms with Gasteiger partial charge in [0.05, 0.1) is 11.1 Å². The maximum atomic E-state index is 10.3. The number of halogens is 3. The van der Waals surface area contributed by atoms with Crippen molar-refractivity contribution in [1.29, 1.82) is 0 Å². The molecule has 0 bridgehead atoms. The zero-order valence-corrected chi connectivity index (χ0v) is 13.4. The van der Waals surface area contributed by atoms with Crippen LogP contribution < -0.4 is 0 Å². The van der Waals surface area contributed by atoms with Gasteiger partial charge in [0.15, 0.2) is 0 Å². The number of aliphatic hydroxyl groups is 1. The van der Waals surface area contributed by atoms with Crippen LogP contribution in [0, 0.1) is 6.92 Å². The van der Waals surface area contributed by atoms with E-state index in [-0.39, 0.29) is 0 Å². The second kappa shape index (κ2) is 6.27. The second-order valence-corrected chi connectivity index (χ2v) is 6.10. The molecule has 0 saturated carbocycles. The van der Waals surface area contributed by atoms with Crippen LogP contribution >= 0.6 is 39.1 Å². The summed E-state index contributed by atoms with van der Waals surface area (Å²) in [6, 6.07) is 11.3. The van der Waals surface area contributed by atoms with Gasteiger partial charge in [0.2, 0.25) is 0 Å². The smallest absolute Gasteiger partial charge is 0.0845 e. The van der Waals surface area contributed by atoms with E-state index in [1.807, 2.05) is 43.3 Å². The van der Waals surface area contributed by atoms with Crippen molar-refractivity contribution in [3.05, 3.63) is 67.6 Å². The van der Waals surface area contributed by atoms with Gasteiger partial charge in [0.25, 0.3) is 0 Å². The summed E-state index contributed by atoms with van der Waals surface area (Å²) in [5.74, 6) is 0. The van der Waals surface area contributed by atoms with E-state index in [2.05, 4.69) is 15.9 Å². The normalized spacial score (nSPS) is 12.5. The fourth-order valence-corrected chi connectivity index (χ4v) is 2.86. The molecule has 2 aromatic carbocycles. The Bertz CT molecular complexity index is 599. The summed E-state index contributed by atoms with van der Waals surface area (Å²) in [7, 11) is 0. The summed E-state index contributed by atoms with van der Waals surface area (Å²) >= 11 is 15.7. The molecule has 0 fully saturated rings. The van der Waals surface area contributed by atoms with E-state index in [9.17, 15) is 5.11 Å². The van der Waals surface area contributed by atoms with Gasteiger partial charge in [0.1, 0.15) is 0 Å². The van der Waals surface area contributed by atoms with Crippen LogP contribution in [0.5, 0.6) is 0 Å². The molecule has 2 aromatic rings. The van der Waals surface area contributed by atoms with Crippen LogP contribution in [0.4, 0.5) is 0 Å². The Hall–Kier alpha value is -0.540. The number of benzene rings is 2. The lowest BCUT2D eigenvalue weighted by Crippen LogP contribution is -2.03.